The molecule has 1 aromatic carbocycles. The molecule has 6 heterocycles. The maximum atomic E-state index is 12.4. The molecule has 0 saturated carbocycles. The molecule has 10 heteroatoms. The Morgan fingerprint density at radius 1 is 1.00 bits per heavy atom. The van der Waals surface area contributed by atoms with E-state index in [1.807, 2.05) is 31.3 Å². The summed E-state index contributed by atoms with van der Waals surface area (Å²) < 4.78 is 28.2. The maximum absolute atomic E-state index is 12.4. The number of pyridine rings is 1. The van der Waals surface area contributed by atoms with Crippen molar-refractivity contribution in [1.82, 2.24) is 15.2 Å². The lowest BCUT2D eigenvalue weighted by atomic mass is 9.93. The van der Waals surface area contributed by atoms with E-state index in [4.69, 9.17) is 9.15 Å². The summed E-state index contributed by atoms with van der Waals surface area (Å²) >= 11 is 0. The minimum atomic E-state index is -1.12. The number of piperidine rings is 2. The summed E-state index contributed by atoms with van der Waals surface area (Å²) in [6.07, 6.45) is 9.66. The number of nitrogens with one attached hydrogen (secondary N) is 1. The summed E-state index contributed by atoms with van der Waals surface area (Å²) in [5.41, 5.74) is 3.60. The highest BCUT2D eigenvalue weighted by atomic mass is 32.2. The van der Waals surface area contributed by atoms with Crippen LogP contribution in [0.1, 0.15) is 51.9 Å². The molecule has 4 aliphatic rings. The molecule has 2 fully saturated rings. The van der Waals surface area contributed by atoms with E-state index in [0.717, 1.165) is 86.8 Å². The summed E-state index contributed by atoms with van der Waals surface area (Å²) in [5, 5.41) is 8.89. The van der Waals surface area contributed by atoms with Crippen molar-refractivity contribution in [3.05, 3.63) is 36.5 Å². The van der Waals surface area contributed by atoms with Crippen LogP contribution in [0.4, 0.5) is 17.2 Å². The molecule has 7 rings (SSSR count). The first-order chi connectivity index (χ1) is 19.2. The Morgan fingerprint density at radius 2 is 1.85 bits per heavy atom. The Kier molecular flexibility index (Phi) is 8.10. The van der Waals surface area contributed by atoms with Gasteiger partial charge in [-0.3, -0.25) is 0 Å². The topological polar surface area (TPSA) is 96.6 Å². The molecule has 2 unspecified atom stereocenters. The van der Waals surface area contributed by atoms with Gasteiger partial charge in [0.05, 0.1) is 17.4 Å². The van der Waals surface area contributed by atoms with Crippen molar-refractivity contribution >= 4 is 28.2 Å². The molecule has 208 valence electrons. The third kappa shape index (κ3) is 6.11. The van der Waals surface area contributed by atoms with Crippen molar-refractivity contribution in [2.24, 2.45) is 5.92 Å². The van der Waals surface area contributed by atoms with E-state index >= 15 is 0 Å². The Hall–Kier alpha value is -2.98. The van der Waals surface area contributed by atoms with Crippen molar-refractivity contribution in [3.63, 3.8) is 0 Å². The highest BCUT2D eigenvalue weighted by molar-refractivity contribution is 7.86. The van der Waals surface area contributed by atoms with Crippen LogP contribution in [0, 0.1) is 5.92 Å². The Labute approximate surface area is 232 Å². The number of fused-ring (bicyclic) bond motifs is 5. The van der Waals surface area contributed by atoms with Crippen LogP contribution in [0.25, 0.3) is 22.9 Å². The second-order valence-electron chi connectivity index (χ2n) is 10.9. The predicted molar refractivity (Wildman–Crippen MR) is 155 cm³/mol. The highest BCUT2D eigenvalue weighted by Crippen LogP contribution is 2.36. The van der Waals surface area contributed by atoms with Gasteiger partial charge >= 0.3 is 0 Å². The number of rotatable bonds is 4. The third-order valence-corrected chi connectivity index (χ3v) is 9.25. The lowest BCUT2D eigenvalue weighted by Crippen LogP contribution is -2.37. The molecule has 0 amide bonds. The minimum Gasteiger partial charge on any atom is -0.416 e. The summed E-state index contributed by atoms with van der Waals surface area (Å²) in [6, 6.07) is 10.0. The number of aromatic nitrogens is 3. The zero-order chi connectivity index (χ0) is 26.6. The molecule has 0 aliphatic carbocycles. The van der Waals surface area contributed by atoms with Crippen LogP contribution >= 0.6 is 0 Å². The Morgan fingerprint density at radius 3 is 2.72 bits per heavy atom. The van der Waals surface area contributed by atoms with Crippen molar-refractivity contribution in [2.75, 3.05) is 53.1 Å². The van der Waals surface area contributed by atoms with Gasteiger partial charge in [0.1, 0.15) is 16.8 Å². The zero-order valence-electron chi connectivity index (χ0n) is 22.7. The number of nitrogens with zero attached hydrogens (tertiary/aromatic N) is 5. The van der Waals surface area contributed by atoms with Gasteiger partial charge in [-0.2, -0.15) is 0 Å². The first kappa shape index (κ1) is 26.3. The fraction of sp³-hybridized carbons (Fsp3) is 0.552. The standard InChI is InChI=1S/C29H38N6O3S/c1-2-17-39(36)33-23-7-8-25-26(19-23)34-14-10-24(11-15-34)37-16-4-6-21-5-3-13-35(20-21)27-18-22(9-12-30-27)28-31-32-29(25)38-28/h7-9,12,18-19,21,24,33H,2-6,10-11,13-17,20H2,1H3. The normalized spacial score (nSPS) is 22.4. The van der Waals surface area contributed by atoms with Crippen LogP contribution in [0.15, 0.2) is 40.9 Å². The molecule has 2 saturated heterocycles. The summed E-state index contributed by atoms with van der Waals surface area (Å²) in [7, 11) is -1.12. The molecule has 2 atom stereocenters. The van der Waals surface area contributed by atoms with Crippen molar-refractivity contribution in [2.45, 2.75) is 58.0 Å². The molecule has 3 aromatic rings. The number of hydrogen-bond acceptors (Lipinski definition) is 8. The second-order valence-corrected chi connectivity index (χ2v) is 12.2. The number of hydrogen-bond donors (Lipinski definition) is 1. The van der Waals surface area contributed by atoms with Gasteiger partial charge in [0, 0.05) is 56.0 Å². The van der Waals surface area contributed by atoms with Gasteiger partial charge in [-0.1, -0.05) is 6.92 Å². The van der Waals surface area contributed by atoms with E-state index < -0.39 is 11.0 Å². The monoisotopic (exact) mass is 550 g/mol. The molecule has 0 spiro atoms. The molecule has 2 aromatic heterocycles. The molecule has 9 nitrogen and oxygen atoms in total. The molecular weight excluding hydrogens is 512 g/mol. The first-order valence-corrected chi connectivity index (χ1v) is 15.7. The lowest BCUT2D eigenvalue weighted by molar-refractivity contribution is 0.0330. The largest absolute Gasteiger partial charge is 0.416 e. The van der Waals surface area contributed by atoms with E-state index in [1.54, 1.807) is 0 Å². The van der Waals surface area contributed by atoms with Crippen molar-refractivity contribution in [3.8, 4) is 22.9 Å². The van der Waals surface area contributed by atoms with Crippen molar-refractivity contribution < 1.29 is 13.4 Å². The molecule has 8 bridgehead atoms. The van der Waals surface area contributed by atoms with Gasteiger partial charge in [-0.05, 0) is 81.2 Å². The van der Waals surface area contributed by atoms with Crippen LogP contribution in [0.5, 0.6) is 0 Å². The summed E-state index contributed by atoms with van der Waals surface area (Å²) in [6.45, 7) is 6.66. The van der Waals surface area contributed by atoms with E-state index in [-0.39, 0.29) is 6.10 Å². The van der Waals surface area contributed by atoms with Gasteiger partial charge < -0.3 is 23.7 Å². The van der Waals surface area contributed by atoms with Crippen LogP contribution < -0.4 is 14.5 Å². The van der Waals surface area contributed by atoms with E-state index in [9.17, 15) is 4.21 Å². The van der Waals surface area contributed by atoms with Gasteiger partial charge in [0.25, 0.3) is 0 Å². The summed E-state index contributed by atoms with van der Waals surface area (Å²) in [4.78, 5) is 9.44. The Bertz CT molecular complexity index is 1290. The SMILES string of the molecule is CCCS(=O)Nc1ccc2c(c1)N1CCC(CC1)OCCCC1CCCN(C1)c1cc(ccn1)-c1nnc-2o1. The lowest BCUT2D eigenvalue weighted by Gasteiger charge is -2.35. The fourth-order valence-electron chi connectivity index (χ4n) is 5.97. The number of ether oxygens (including phenoxy) is 1. The maximum Gasteiger partial charge on any atom is 0.250 e. The van der Waals surface area contributed by atoms with Gasteiger partial charge in [0.15, 0.2) is 0 Å². The minimum absolute atomic E-state index is 0.286. The van der Waals surface area contributed by atoms with Crippen LogP contribution in [-0.2, 0) is 15.7 Å². The van der Waals surface area contributed by atoms with Crippen LogP contribution in [0.2, 0.25) is 0 Å². The average molecular weight is 551 g/mol. The zero-order valence-corrected chi connectivity index (χ0v) is 23.5. The van der Waals surface area contributed by atoms with Gasteiger partial charge in [-0.15, -0.1) is 10.2 Å². The second kappa shape index (κ2) is 12.0. The van der Waals surface area contributed by atoms with E-state index in [2.05, 4.69) is 41.8 Å². The molecule has 1 N–H and O–H groups in total. The van der Waals surface area contributed by atoms with Crippen molar-refractivity contribution in [1.29, 1.82) is 0 Å². The van der Waals surface area contributed by atoms with Gasteiger partial charge in [-0.25, -0.2) is 9.19 Å². The predicted octanol–water partition coefficient (Wildman–Crippen LogP) is 5.28. The van der Waals surface area contributed by atoms with Crippen LogP contribution in [-0.4, -0.2) is 64.0 Å². The number of benzene rings is 1. The fourth-order valence-corrected chi connectivity index (χ4v) is 6.84. The van der Waals surface area contributed by atoms with E-state index in [0.29, 0.717) is 23.5 Å². The third-order valence-electron chi connectivity index (χ3n) is 8.00. The molecule has 0 radical (unpaired) electrons. The number of anilines is 3. The van der Waals surface area contributed by atoms with Crippen LogP contribution in [0.3, 0.4) is 0 Å². The smallest absolute Gasteiger partial charge is 0.250 e. The summed E-state index contributed by atoms with van der Waals surface area (Å²) in [5.74, 6) is 3.21. The van der Waals surface area contributed by atoms with E-state index in [1.165, 1.54) is 19.3 Å². The average Bonchev–Trinajstić information content (AvgIpc) is 3.46. The molecular formula is C29H38N6O3S. The van der Waals surface area contributed by atoms with Gasteiger partial charge in [0.2, 0.25) is 11.8 Å². The highest BCUT2D eigenvalue weighted by Gasteiger charge is 2.26. The first-order valence-electron chi connectivity index (χ1n) is 14.4. The quantitative estimate of drug-likeness (QED) is 0.469. The molecule has 4 aliphatic heterocycles. The molecule has 39 heavy (non-hydrogen) atoms. The Balaban J connectivity index is 1.35.